The van der Waals surface area contributed by atoms with Crippen LogP contribution in [0.3, 0.4) is 0 Å². The Hall–Kier alpha value is -0.900. The van der Waals surface area contributed by atoms with Crippen LogP contribution in [0.15, 0.2) is 24.3 Å². The summed E-state index contributed by atoms with van der Waals surface area (Å²) in [6, 6.07) is 8.79. The number of aliphatic hydroxyl groups excluding tert-OH is 1. The van der Waals surface area contributed by atoms with E-state index in [9.17, 15) is 5.11 Å². The summed E-state index contributed by atoms with van der Waals surface area (Å²) in [4.78, 5) is 4.67. The van der Waals surface area contributed by atoms with Crippen LogP contribution >= 0.6 is 0 Å². The third-order valence-corrected chi connectivity index (χ3v) is 4.20. The van der Waals surface area contributed by atoms with Crippen molar-refractivity contribution in [3.8, 4) is 0 Å². The molecule has 2 rings (SSSR count). The molecule has 0 radical (unpaired) electrons. The first-order valence-corrected chi connectivity index (χ1v) is 7.10. The summed E-state index contributed by atoms with van der Waals surface area (Å²) >= 11 is 0. The van der Waals surface area contributed by atoms with Crippen molar-refractivity contribution in [2.45, 2.75) is 26.0 Å². The summed E-state index contributed by atoms with van der Waals surface area (Å²) in [5, 5.41) is 10.3. The van der Waals surface area contributed by atoms with E-state index < -0.39 is 0 Å². The number of aliphatic hydroxyl groups is 1. The molecule has 1 heterocycles. The highest BCUT2D eigenvalue weighted by atomic mass is 16.3. The first-order valence-electron chi connectivity index (χ1n) is 7.10. The molecular weight excluding hydrogens is 236 g/mol. The number of likely N-dealkylation sites (tertiary alicyclic amines) is 1. The van der Waals surface area contributed by atoms with E-state index in [0.29, 0.717) is 12.0 Å². The van der Waals surface area contributed by atoms with E-state index in [-0.39, 0.29) is 6.10 Å². The standard InChI is InChI=1S/C16H26N2O/c1-12-5-7-14(8-6-12)16(19)11-18-9-13(2)15(10-18)17(3)4/h5-8,13,15-16,19H,9-11H2,1-4H3. The predicted octanol–water partition coefficient (Wildman–Crippen LogP) is 1.91. The zero-order valence-corrected chi connectivity index (χ0v) is 12.5. The minimum atomic E-state index is -0.381. The lowest BCUT2D eigenvalue weighted by atomic mass is 10.1. The molecular formula is C16H26N2O. The third-order valence-electron chi connectivity index (χ3n) is 4.20. The molecule has 0 amide bonds. The Labute approximate surface area is 116 Å². The topological polar surface area (TPSA) is 26.7 Å². The molecule has 1 aromatic carbocycles. The van der Waals surface area contributed by atoms with Gasteiger partial charge >= 0.3 is 0 Å². The highest BCUT2D eigenvalue weighted by molar-refractivity contribution is 5.23. The van der Waals surface area contributed by atoms with E-state index in [1.54, 1.807) is 0 Å². The van der Waals surface area contributed by atoms with Gasteiger partial charge in [0.25, 0.3) is 0 Å². The zero-order valence-electron chi connectivity index (χ0n) is 12.5. The fourth-order valence-electron chi connectivity index (χ4n) is 3.01. The van der Waals surface area contributed by atoms with E-state index >= 15 is 0 Å². The minimum absolute atomic E-state index is 0.381. The van der Waals surface area contributed by atoms with Gasteiger partial charge in [0.2, 0.25) is 0 Å². The molecule has 0 saturated carbocycles. The van der Waals surface area contributed by atoms with Crippen LogP contribution in [0.2, 0.25) is 0 Å². The summed E-state index contributed by atoms with van der Waals surface area (Å²) in [7, 11) is 4.28. The predicted molar refractivity (Wildman–Crippen MR) is 79.2 cm³/mol. The van der Waals surface area contributed by atoms with Crippen LogP contribution in [0.1, 0.15) is 24.2 Å². The third kappa shape index (κ3) is 3.56. The quantitative estimate of drug-likeness (QED) is 0.898. The molecule has 19 heavy (non-hydrogen) atoms. The molecule has 1 saturated heterocycles. The molecule has 106 valence electrons. The number of hydrogen-bond donors (Lipinski definition) is 1. The molecule has 0 spiro atoms. The molecule has 3 nitrogen and oxygen atoms in total. The molecule has 3 unspecified atom stereocenters. The average Bonchev–Trinajstić information content (AvgIpc) is 2.71. The van der Waals surface area contributed by atoms with Gasteiger partial charge in [-0.15, -0.1) is 0 Å². The van der Waals surface area contributed by atoms with Gasteiger partial charge in [0, 0.05) is 25.7 Å². The summed E-state index contributed by atoms with van der Waals surface area (Å²) in [5.41, 5.74) is 2.25. The van der Waals surface area contributed by atoms with Gasteiger partial charge in [-0.2, -0.15) is 0 Å². The Morgan fingerprint density at radius 3 is 2.42 bits per heavy atom. The monoisotopic (exact) mass is 262 g/mol. The van der Waals surface area contributed by atoms with Crippen LogP contribution in [-0.2, 0) is 0 Å². The molecule has 0 aliphatic carbocycles. The summed E-state index contributed by atoms with van der Waals surface area (Å²) in [5.74, 6) is 0.667. The minimum Gasteiger partial charge on any atom is -0.387 e. The van der Waals surface area contributed by atoms with Gasteiger partial charge in [-0.3, -0.25) is 4.90 Å². The van der Waals surface area contributed by atoms with Crippen molar-refractivity contribution < 1.29 is 5.11 Å². The van der Waals surface area contributed by atoms with Gasteiger partial charge < -0.3 is 10.0 Å². The van der Waals surface area contributed by atoms with Gasteiger partial charge in [0.15, 0.2) is 0 Å². The number of nitrogens with zero attached hydrogens (tertiary/aromatic N) is 2. The lowest BCUT2D eigenvalue weighted by Crippen LogP contribution is -2.35. The molecule has 3 atom stereocenters. The number of aryl methyl sites for hydroxylation is 1. The SMILES string of the molecule is Cc1ccc(C(O)CN2CC(C)C(N(C)C)C2)cc1. The molecule has 1 aliphatic rings. The fraction of sp³-hybridized carbons (Fsp3) is 0.625. The van der Waals surface area contributed by atoms with Crippen LogP contribution in [0.5, 0.6) is 0 Å². The van der Waals surface area contributed by atoms with E-state index in [2.05, 4.69) is 49.9 Å². The van der Waals surface area contributed by atoms with Gasteiger partial charge in [-0.1, -0.05) is 36.8 Å². The van der Waals surface area contributed by atoms with Crippen LogP contribution in [0.4, 0.5) is 0 Å². The van der Waals surface area contributed by atoms with E-state index in [0.717, 1.165) is 25.2 Å². The van der Waals surface area contributed by atoms with Gasteiger partial charge in [-0.25, -0.2) is 0 Å². The summed E-state index contributed by atoms with van der Waals surface area (Å²) < 4.78 is 0. The first-order chi connectivity index (χ1) is 8.97. The van der Waals surface area contributed by atoms with Crippen LogP contribution < -0.4 is 0 Å². The largest absolute Gasteiger partial charge is 0.387 e. The first kappa shape index (κ1) is 14.5. The van der Waals surface area contributed by atoms with Crippen molar-refractivity contribution in [1.82, 2.24) is 9.80 Å². The lowest BCUT2D eigenvalue weighted by molar-refractivity contribution is 0.122. The second-order valence-electron chi connectivity index (χ2n) is 6.15. The number of rotatable bonds is 4. The second-order valence-corrected chi connectivity index (χ2v) is 6.15. The van der Waals surface area contributed by atoms with Gasteiger partial charge in [-0.05, 0) is 32.5 Å². The number of likely N-dealkylation sites (N-methyl/N-ethyl adjacent to an activating group) is 1. The Morgan fingerprint density at radius 1 is 1.26 bits per heavy atom. The Bertz CT molecular complexity index is 402. The van der Waals surface area contributed by atoms with Crippen molar-refractivity contribution in [3.05, 3.63) is 35.4 Å². The smallest absolute Gasteiger partial charge is 0.0916 e. The van der Waals surface area contributed by atoms with Crippen molar-refractivity contribution in [2.75, 3.05) is 33.7 Å². The fourth-order valence-corrected chi connectivity index (χ4v) is 3.01. The van der Waals surface area contributed by atoms with Crippen molar-refractivity contribution in [3.63, 3.8) is 0 Å². The summed E-state index contributed by atoms with van der Waals surface area (Å²) in [6.45, 7) is 7.23. The maximum atomic E-state index is 10.3. The van der Waals surface area contributed by atoms with E-state index in [1.165, 1.54) is 5.56 Å². The van der Waals surface area contributed by atoms with Crippen molar-refractivity contribution in [1.29, 1.82) is 0 Å². The molecule has 0 bridgehead atoms. The van der Waals surface area contributed by atoms with Crippen LogP contribution in [-0.4, -0.2) is 54.7 Å². The van der Waals surface area contributed by atoms with Crippen LogP contribution in [0.25, 0.3) is 0 Å². The van der Waals surface area contributed by atoms with E-state index in [1.807, 2.05) is 12.1 Å². The maximum Gasteiger partial charge on any atom is 0.0916 e. The Kier molecular flexibility index (Phi) is 4.61. The normalized spacial score (nSPS) is 26.0. The van der Waals surface area contributed by atoms with Gasteiger partial charge in [0.1, 0.15) is 0 Å². The van der Waals surface area contributed by atoms with Crippen molar-refractivity contribution in [2.24, 2.45) is 5.92 Å². The molecule has 1 fully saturated rings. The number of hydrogen-bond acceptors (Lipinski definition) is 3. The molecule has 3 heteroatoms. The Morgan fingerprint density at radius 2 is 1.89 bits per heavy atom. The van der Waals surface area contributed by atoms with Gasteiger partial charge in [0.05, 0.1) is 6.10 Å². The van der Waals surface area contributed by atoms with Crippen molar-refractivity contribution >= 4 is 0 Å². The summed E-state index contributed by atoms with van der Waals surface area (Å²) in [6.07, 6.45) is -0.381. The molecule has 1 aromatic rings. The number of β-amino-alcohol motifs (C(OH)–C–C–N with tert-alkyl or cyclic N) is 1. The second kappa shape index (κ2) is 6.04. The number of benzene rings is 1. The van der Waals surface area contributed by atoms with E-state index in [4.69, 9.17) is 0 Å². The highest BCUT2D eigenvalue weighted by Crippen LogP contribution is 2.23. The highest BCUT2D eigenvalue weighted by Gasteiger charge is 2.31. The molecule has 1 N–H and O–H groups in total. The molecule has 0 aromatic heterocycles. The molecule has 1 aliphatic heterocycles. The average molecular weight is 262 g/mol. The zero-order chi connectivity index (χ0) is 14.0. The van der Waals surface area contributed by atoms with Crippen LogP contribution in [0, 0.1) is 12.8 Å². The maximum absolute atomic E-state index is 10.3. The Balaban J connectivity index is 1.93. The lowest BCUT2D eigenvalue weighted by Gasteiger charge is -2.23.